The Bertz CT molecular complexity index is 475. The summed E-state index contributed by atoms with van der Waals surface area (Å²) in [4.78, 5) is 7.24. The highest BCUT2D eigenvalue weighted by Gasteiger charge is 2.27. The zero-order valence-electron chi connectivity index (χ0n) is 14.1. The van der Waals surface area contributed by atoms with Crippen molar-refractivity contribution >= 4 is 0 Å². The summed E-state index contributed by atoms with van der Waals surface area (Å²) < 4.78 is 5.53. The summed E-state index contributed by atoms with van der Waals surface area (Å²) in [5, 5.41) is 3.41. The zero-order chi connectivity index (χ0) is 15.4. The molecule has 0 spiro atoms. The van der Waals surface area contributed by atoms with E-state index in [1.807, 2.05) is 6.20 Å². The highest BCUT2D eigenvalue weighted by molar-refractivity contribution is 5.41. The number of nitrogens with one attached hydrogen (secondary N) is 1. The van der Waals surface area contributed by atoms with Gasteiger partial charge < -0.3 is 10.1 Å². The smallest absolute Gasteiger partial charge is 0.128 e. The van der Waals surface area contributed by atoms with Crippen LogP contribution in [-0.2, 0) is 6.54 Å². The molecule has 2 heterocycles. The van der Waals surface area contributed by atoms with Crippen LogP contribution in [0.25, 0.3) is 0 Å². The number of aromatic nitrogens is 1. The summed E-state index contributed by atoms with van der Waals surface area (Å²) in [5.41, 5.74) is 3.43. The number of hydrogen-bond donors (Lipinski definition) is 1. The number of likely N-dealkylation sites (N-methyl/N-ethyl adjacent to an activating group) is 1. The molecule has 1 aliphatic rings. The molecule has 1 saturated heterocycles. The van der Waals surface area contributed by atoms with Crippen molar-refractivity contribution in [2.24, 2.45) is 0 Å². The van der Waals surface area contributed by atoms with E-state index in [4.69, 9.17) is 4.74 Å². The molecule has 118 valence electrons. The Balaban J connectivity index is 2.19. The maximum atomic E-state index is 5.53. The van der Waals surface area contributed by atoms with Gasteiger partial charge in [-0.05, 0) is 47.2 Å². The number of pyridine rings is 1. The summed E-state index contributed by atoms with van der Waals surface area (Å²) in [5.74, 6) is 0.982. The van der Waals surface area contributed by atoms with Crippen molar-refractivity contribution in [3.05, 3.63) is 23.0 Å². The average molecular weight is 291 g/mol. The molecule has 2 atom stereocenters. The van der Waals surface area contributed by atoms with Gasteiger partial charge in [-0.1, -0.05) is 6.42 Å². The summed E-state index contributed by atoms with van der Waals surface area (Å²) in [7, 11) is 3.79. The van der Waals surface area contributed by atoms with Gasteiger partial charge in [-0.2, -0.15) is 0 Å². The second kappa shape index (κ2) is 7.23. The van der Waals surface area contributed by atoms with Crippen molar-refractivity contribution in [1.29, 1.82) is 0 Å². The quantitative estimate of drug-likeness (QED) is 0.905. The second-order valence-electron chi connectivity index (χ2n) is 6.16. The molecule has 4 nitrogen and oxygen atoms in total. The number of piperidine rings is 1. The monoisotopic (exact) mass is 291 g/mol. The second-order valence-corrected chi connectivity index (χ2v) is 6.16. The van der Waals surface area contributed by atoms with Crippen LogP contribution in [0.5, 0.6) is 5.75 Å². The van der Waals surface area contributed by atoms with Gasteiger partial charge in [-0.15, -0.1) is 0 Å². The molecule has 1 aromatic heterocycles. The Morgan fingerprint density at radius 1 is 1.43 bits per heavy atom. The van der Waals surface area contributed by atoms with E-state index in [0.29, 0.717) is 12.1 Å². The fourth-order valence-corrected chi connectivity index (χ4v) is 3.39. The molecule has 1 aromatic rings. The van der Waals surface area contributed by atoms with Gasteiger partial charge in [-0.25, -0.2) is 0 Å². The number of ether oxygens (including phenoxy) is 1. The lowest BCUT2D eigenvalue weighted by Gasteiger charge is -2.39. The summed E-state index contributed by atoms with van der Waals surface area (Å²) in [6, 6.07) is 1.11. The largest absolute Gasteiger partial charge is 0.496 e. The minimum atomic E-state index is 0.512. The average Bonchev–Trinajstić information content (AvgIpc) is 2.50. The summed E-state index contributed by atoms with van der Waals surface area (Å²) in [6.45, 7) is 8.52. The first kappa shape index (κ1) is 16.2. The molecule has 0 amide bonds. The van der Waals surface area contributed by atoms with E-state index in [9.17, 15) is 0 Å². The SMILES string of the molecule is CNC(C)C1CCCCN1Cc1ncc(C)c(OC)c1C. The van der Waals surface area contributed by atoms with Crippen LogP contribution in [0.15, 0.2) is 6.20 Å². The Labute approximate surface area is 128 Å². The number of methoxy groups -OCH3 is 1. The molecule has 0 aliphatic carbocycles. The highest BCUT2D eigenvalue weighted by Crippen LogP contribution is 2.27. The normalized spacial score (nSPS) is 21.3. The molecule has 21 heavy (non-hydrogen) atoms. The number of aryl methyl sites for hydroxylation is 1. The van der Waals surface area contributed by atoms with Crippen LogP contribution in [-0.4, -0.2) is 42.7 Å². The lowest BCUT2D eigenvalue weighted by atomic mass is 9.96. The lowest BCUT2D eigenvalue weighted by Crippen LogP contribution is -2.49. The molecule has 1 fully saturated rings. The van der Waals surface area contributed by atoms with E-state index in [2.05, 4.69) is 43.0 Å². The molecular weight excluding hydrogens is 262 g/mol. The van der Waals surface area contributed by atoms with Crippen LogP contribution in [0.4, 0.5) is 0 Å². The van der Waals surface area contributed by atoms with E-state index in [1.54, 1.807) is 7.11 Å². The van der Waals surface area contributed by atoms with Gasteiger partial charge in [0.15, 0.2) is 0 Å². The van der Waals surface area contributed by atoms with Crippen molar-refractivity contribution in [2.45, 2.75) is 58.7 Å². The van der Waals surface area contributed by atoms with Crippen molar-refractivity contribution in [3.63, 3.8) is 0 Å². The molecule has 0 bridgehead atoms. The molecule has 0 saturated carbocycles. The van der Waals surface area contributed by atoms with Crippen LogP contribution in [0.3, 0.4) is 0 Å². The van der Waals surface area contributed by atoms with Gasteiger partial charge in [0.05, 0.1) is 12.8 Å². The van der Waals surface area contributed by atoms with E-state index < -0.39 is 0 Å². The number of likely N-dealkylation sites (tertiary alicyclic amines) is 1. The first-order valence-corrected chi connectivity index (χ1v) is 7.98. The summed E-state index contributed by atoms with van der Waals surface area (Å²) >= 11 is 0. The van der Waals surface area contributed by atoms with Crippen LogP contribution < -0.4 is 10.1 Å². The number of hydrogen-bond acceptors (Lipinski definition) is 4. The van der Waals surface area contributed by atoms with Gasteiger partial charge in [0, 0.05) is 36.0 Å². The molecule has 0 radical (unpaired) electrons. The Morgan fingerprint density at radius 3 is 2.86 bits per heavy atom. The molecule has 2 rings (SSSR count). The molecular formula is C17H29N3O. The lowest BCUT2D eigenvalue weighted by molar-refractivity contribution is 0.112. The van der Waals surface area contributed by atoms with Gasteiger partial charge >= 0.3 is 0 Å². The minimum absolute atomic E-state index is 0.512. The predicted octanol–water partition coefficient (Wildman–Crippen LogP) is 2.67. The molecule has 1 aliphatic heterocycles. The predicted molar refractivity (Wildman–Crippen MR) is 86.8 cm³/mol. The molecule has 2 unspecified atom stereocenters. The van der Waals surface area contributed by atoms with Crippen molar-refractivity contribution in [2.75, 3.05) is 20.7 Å². The maximum Gasteiger partial charge on any atom is 0.128 e. The van der Waals surface area contributed by atoms with E-state index in [1.165, 1.54) is 24.8 Å². The Morgan fingerprint density at radius 2 is 2.19 bits per heavy atom. The first-order chi connectivity index (χ1) is 10.1. The summed E-state index contributed by atoms with van der Waals surface area (Å²) in [6.07, 6.45) is 5.82. The fourth-order valence-electron chi connectivity index (χ4n) is 3.39. The third-order valence-electron chi connectivity index (χ3n) is 4.80. The topological polar surface area (TPSA) is 37.4 Å². The molecule has 0 aromatic carbocycles. The van der Waals surface area contributed by atoms with Crippen LogP contribution >= 0.6 is 0 Å². The first-order valence-electron chi connectivity index (χ1n) is 7.98. The van der Waals surface area contributed by atoms with Gasteiger partial charge in [0.1, 0.15) is 5.75 Å². The van der Waals surface area contributed by atoms with Crippen LogP contribution in [0, 0.1) is 13.8 Å². The van der Waals surface area contributed by atoms with E-state index in [0.717, 1.165) is 30.1 Å². The zero-order valence-corrected chi connectivity index (χ0v) is 14.1. The van der Waals surface area contributed by atoms with Gasteiger partial charge in [0.2, 0.25) is 0 Å². The fraction of sp³-hybridized carbons (Fsp3) is 0.706. The van der Waals surface area contributed by atoms with E-state index >= 15 is 0 Å². The Hall–Kier alpha value is -1.13. The minimum Gasteiger partial charge on any atom is -0.496 e. The van der Waals surface area contributed by atoms with Gasteiger partial charge in [-0.3, -0.25) is 9.88 Å². The third-order valence-corrected chi connectivity index (χ3v) is 4.80. The molecule has 4 heteroatoms. The Kier molecular flexibility index (Phi) is 5.59. The van der Waals surface area contributed by atoms with Crippen molar-refractivity contribution in [1.82, 2.24) is 15.2 Å². The van der Waals surface area contributed by atoms with Crippen LogP contribution in [0.1, 0.15) is 43.0 Å². The van der Waals surface area contributed by atoms with Crippen molar-refractivity contribution < 1.29 is 4.74 Å². The number of rotatable bonds is 5. The van der Waals surface area contributed by atoms with Crippen molar-refractivity contribution in [3.8, 4) is 5.75 Å². The molecule has 1 N–H and O–H groups in total. The standard InChI is InChI=1S/C17H29N3O/c1-12-10-19-15(13(2)17(12)21-5)11-20-9-7-6-8-16(20)14(3)18-4/h10,14,16,18H,6-9,11H2,1-5H3. The van der Waals surface area contributed by atoms with E-state index in [-0.39, 0.29) is 0 Å². The van der Waals surface area contributed by atoms with Gasteiger partial charge in [0.25, 0.3) is 0 Å². The van der Waals surface area contributed by atoms with Crippen LogP contribution in [0.2, 0.25) is 0 Å². The number of nitrogens with zero attached hydrogens (tertiary/aromatic N) is 2. The highest BCUT2D eigenvalue weighted by atomic mass is 16.5. The third kappa shape index (κ3) is 3.55. The maximum absolute atomic E-state index is 5.53.